The van der Waals surface area contributed by atoms with Crippen molar-refractivity contribution < 1.29 is 9.90 Å². The Morgan fingerprint density at radius 2 is 1.69 bits per heavy atom. The third-order valence-corrected chi connectivity index (χ3v) is 2.84. The van der Waals surface area contributed by atoms with Gasteiger partial charge in [-0.05, 0) is 28.0 Å². The fraction of sp³-hybridized carbons (Fsp3) is 0.154. The molecule has 0 aliphatic carbocycles. The molecule has 82 valence electrons. The Kier molecular flexibility index (Phi) is 3.11. The van der Waals surface area contributed by atoms with Crippen LogP contribution in [0.2, 0.25) is 0 Å². The van der Waals surface area contributed by atoms with E-state index in [0.717, 1.165) is 21.9 Å². The van der Waals surface area contributed by atoms with E-state index in [9.17, 15) is 4.79 Å². The molecule has 0 saturated carbocycles. The molecule has 2 nitrogen and oxygen atoms in total. The lowest BCUT2D eigenvalue weighted by Crippen LogP contribution is -2.03. The number of aliphatic carboxylic acids is 1. The van der Waals surface area contributed by atoms with Gasteiger partial charge in [0.2, 0.25) is 0 Å². The number of hydrogen-bond acceptors (Lipinski definition) is 1. The third-order valence-electron chi connectivity index (χ3n) is 2.55. The Morgan fingerprint density at radius 1 is 1.12 bits per heavy atom. The van der Waals surface area contributed by atoms with Crippen LogP contribution >= 0.6 is 11.6 Å². The minimum absolute atomic E-state index is 0.0207. The molecule has 0 unspecified atom stereocenters. The van der Waals surface area contributed by atoms with Crippen molar-refractivity contribution in [2.24, 2.45) is 0 Å². The molecule has 0 aliphatic heterocycles. The third kappa shape index (κ3) is 2.17. The Bertz CT molecular complexity index is 534. The molecule has 0 fully saturated rings. The summed E-state index contributed by atoms with van der Waals surface area (Å²) < 4.78 is 0. The van der Waals surface area contributed by atoms with Crippen LogP contribution in [-0.4, -0.2) is 11.1 Å². The highest BCUT2D eigenvalue weighted by molar-refractivity contribution is 6.17. The summed E-state index contributed by atoms with van der Waals surface area (Å²) in [5.41, 5.74) is 1.68. The molecule has 0 aliphatic rings. The smallest absolute Gasteiger partial charge is 0.307 e. The quantitative estimate of drug-likeness (QED) is 0.828. The fourth-order valence-corrected chi connectivity index (χ4v) is 2.04. The zero-order valence-electron chi connectivity index (χ0n) is 8.61. The second-order valence-electron chi connectivity index (χ2n) is 3.67. The Morgan fingerprint density at radius 3 is 2.19 bits per heavy atom. The molecule has 0 heterocycles. The van der Waals surface area contributed by atoms with Gasteiger partial charge in [0.1, 0.15) is 0 Å². The van der Waals surface area contributed by atoms with Crippen LogP contribution in [0.15, 0.2) is 36.4 Å². The van der Waals surface area contributed by atoms with E-state index in [1.54, 1.807) is 0 Å². The number of carboxylic acids is 1. The maximum atomic E-state index is 10.7. The van der Waals surface area contributed by atoms with Gasteiger partial charge in [-0.15, -0.1) is 11.6 Å². The normalized spacial score (nSPS) is 10.6. The highest BCUT2D eigenvalue weighted by Gasteiger charge is 2.07. The van der Waals surface area contributed by atoms with Gasteiger partial charge in [0.15, 0.2) is 0 Å². The summed E-state index contributed by atoms with van der Waals surface area (Å²) in [6, 6.07) is 11.7. The number of halogens is 1. The molecule has 0 atom stereocenters. The highest BCUT2D eigenvalue weighted by atomic mass is 35.5. The first-order valence-electron chi connectivity index (χ1n) is 4.99. The second kappa shape index (κ2) is 4.54. The maximum absolute atomic E-state index is 10.7. The number of alkyl halides is 1. The molecule has 3 heteroatoms. The average molecular weight is 235 g/mol. The van der Waals surface area contributed by atoms with Crippen LogP contribution in [0.4, 0.5) is 0 Å². The van der Waals surface area contributed by atoms with Gasteiger partial charge < -0.3 is 5.11 Å². The molecule has 0 amide bonds. The minimum atomic E-state index is -0.832. The summed E-state index contributed by atoms with van der Waals surface area (Å²) in [5.74, 6) is -0.491. The summed E-state index contributed by atoms with van der Waals surface area (Å²) in [5, 5.41) is 11.0. The number of hydrogen-bond donors (Lipinski definition) is 1. The molecule has 0 spiro atoms. The predicted molar refractivity (Wildman–Crippen MR) is 64.8 cm³/mol. The number of carbonyl (C=O) groups is 1. The molecule has 0 radical (unpaired) electrons. The van der Waals surface area contributed by atoms with E-state index < -0.39 is 5.97 Å². The monoisotopic (exact) mass is 234 g/mol. The highest BCUT2D eigenvalue weighted by Crippen LogP contribution is 2.22. The van der Waals surface area contributed by atoms with Crippen molar-refractivity contribution in [1.29, 1.82) is 0 Å². The van der Waals surface area contributed by atoms with Crippen molar-refractivity contribution in [2.75, 3.05) is 0 Å². The summed E-state index contributed by atoms with van der Waals surface area (Å²) >= 11 is 5.82. The van der Waals surface area contributed by atoms with Crippen LogP contribution in [-0.2, 0) is 17.1 Å². The molecular formula is C13H11ClO2. The summed E-state index contributed by atoms with van der Waals surface area (Å²) in [4.78, 5) is 10.7. The summed E-state index contributed by atoms with van der Waals surface area (Å²) in [6.45, 7) is 0. The molecule has 16 heavy (non-hydrogen) atoms. The van der Waals surface area contributed by atoms with Gasteiger partial charge in [-0.2, -0.15) is 0 Å². The van der Waals surface area contributed by atoms with E-state index in [2.05, 4.69) is 0 Å². The first-order valence-corrected chi connectivity index (χ1v) is 5.52. The zero-order chi connectivity index (χ0) is 11.5. The van der Waals surface area contributed by atoms with Gasteiger partial charge in [0.05, 0.1) is 6.42 Å². The molecular weight excluding hydrogens is 224 g/mol. The van der Waals surface area contributed by atoms with Gasteiger partial charge in [-0.1, -0.05) is 30.3 Å². The molecule has 2 aromatic rings. The topological polar surface area (TPSA) is 37.3 Å². The van der Waals surface area contributed by atoms with Gasteiger partial charge >= 0.3 is 5.97 Å². The predicted octanol–water partition coefficient (Wildman–Crippen LogP) is 3.21. The van der Waals surface area contributed by atoms with Crippen molar-refractivity contribution in [3.05, 3.63) is 47.5 Å². The number of fused-ring (bicyclic) bond motifs is 1. The molecule has 0 saturated heterocycles. The van der Waals surface area contributed by atoms with Crippen molar-refractivity contribution in [3.63, 3.8) is 0 Å². The van der Waals surface area contributed by atoms with E-state index >= 15 is 0 Å². The van der Waals surface area contributed by atoms with E-state index in [1.807, 2.05) is 36.4 Å². The lowest BCUT2D eigenvalue weighted by Gasteiger charge is -2.07. The van der Waals surface area contributed by atoms with E-state index in [0.29, 0.717) is 5.88 Å². The lowest BCUT2D eigenvalue weighted by molar-refractivity contribution is -0.136. The SMILES string of the molecule is O=C(O)Cc1cc2ccccc2cc1CCl. The molecule has 0 aromatic heterocycles. The van der Waals surface area contributed by atoms with E-state index in [-0.39, 0.29) is 6.42 Å². The van der Waals surface area contributed by atoms with Gasteiger partial charge in [0, 0.05) is 5.88 Å². The standard InChI is InChI=1S/C13H11ClO2/c14-8-12-6-10-4-2-1-3-9(10)5-11(12)7-13(15)16/h1-6H,7-8H2,(H,15,16). The molecule has 2 aromatic carbocycles. The molecule has 2 rings (SSSR count). The van der Waals surface area contributed by atoms with Gasteiger partial charge in [-0.3, -0.25) is 4.79 Å². The van der Waals surface area contributed by atoms with Gasteiger partial charge in [-0.25, -0.2) is 0 Å². The fourth-order valence-electron chi connectivity index (χ4n) is 1.79. The summed E-state index contributed by atoms with van der Waals surface area (Å²) in [6.07, 6.45) is 0.0207. The van der Waals surface area contributed by atoms with Crippen molar-refractivity contribution in [3.8, 4) is 0 Å². The van der Waals surface area contributed by atoms with Crippen molar-refractivity contribution in [1.82, 2.24) is 0 Å². The second-order valence-corrected chi connectivity index (χ2v) is 3.94. The van der Waals surface area contributed by atoms with Crippen molar-refractivity contribution >= 4 is 28.3 Å². The minimum Gasteiger partial charge on any atom is -0.481 e. The first kappa shape index (κ1) is 11.0. The Balaban J connectivity index is 2.58. The van der Waals surface area contributed by atoms with Crippen LogP contribution in [0.25, 0.3) is 10.8 Å². The maximum Gasteiger partial charge on any atom is 0.307 e. The number of benzene rings is 2. The van der Waals surface area contributed by atoms with E-state index in [4.69, 9.17) is 16.7 Å². The summed E-state index contributed by atoms with van der Waals surface area (Å²) in [7, 11) is 0. The van der Waals surface area contributed by atoms with Crippen LogP contribution < -0.4 is 0 Å². The Hall–Kier alpha value is -1.54. The molecule has 0 bridgehead atoms. The zero-order valence-corrected chi connectivity index (χ0v) is 9.37. The van der Waals surface area contributed by atoms with Gasteiger partial charge in [0.25, 0.3) is 0 Å². The van der Waals surface area contributed by atoms with Crippen LogP contribution in [0.5, 0.6) is 0 Å². The van der Waals surface area contributed by atoms with Crippen LogP contribution in [0.3, 0.4) is 0 Å². The van der Waals surface area contributed by atoms with Crippen LogP contribution in [0.1, 0.15) is 11.1 Å². The average Bonchev–Trinajstić information content (AvgIpc) is 2.27. The number of carboxylic acid groups (broad SMARTS) is 1. The Labute approximate surface area is 98.5 Å². The largest absolute Gasteiger partial charge is 0.481 e. The lowest BCUT2D eigenvalue weighted by atomic mass is 10.00. The number of rotatable bonds is 3. The van der Waals surface area contributed by atoms with Crippen molar-refractivity contribution in [2.45, 2.75) is 12.3 Å². The first-order chi connectivity index (χ1) is 7.70. The molecule has 1 N–H and O–H groups in total. The van der Waals surface area contributed by atoms with Crippen LogP contribution in [0, 0.1) is 0 Å². The van der Waals surface area contributed by atoms with E-state index in [1.165, 1.54) is 0 Å².